The summed E-state index contributed by atoms with van der Waals surface area (Å²) in [5.41, 5.74) is 3.52. The summed E-state index contributed by atoms with van der Waals surface area (Å²) in [6.45, 7) is 11.1. The fourth-order valence-corrected chi connectivity index (χ4v) is 2.24. The van der Waals surface area contributed by atoms with Crippen LogP contribution in [0.15, 0.2) is 18.6 Å². The molecule has 5 nitrogen and oxygen atoms in total. The molecule has 19 heavy (non-hydrogen) atoms. The van der Waals surface area contributed by atoms with E-state index in [1.165, 1.54) is 11.4 Å². The molecule has 2 heterocycles. The SMILES string of the molecule is CCn1cncc1CNC(C)Cn1nc(C)cc1C. The molecule has 0 aliphatic heterocycles. The maximum Gasteiger partial charge on any atom is 0.0948 e. The molecule has 0 aliphatic carbocycles. The molecular weight excluding hydrogens is 238 g/mol. The molecule has 0 fully saturated rings. The Labute approximate surface area is 114 Å². The van der Waals surface area contributed by atoms with Crippen molar-refractivity contribution in [1.29, 1.82) is 0 Å². The smallest absolute Gasteiger partial charge is 0.0948 e. The Morgan fingerprint density at radius 3 is 2.79 bits per heavy atom. The molecule has 0 amide bonds. The molecule has 0 aliphatic rings. The quantitative estimate of drug-likeness (QED) is 0.864. The van der Waals surface area contributed by atoms with Gasteiger partial charge < -0.3 is 9.88 Å². The van der Waals surface area contributed by atoms with Gasteiger partial charge in [-0.2, -0.15) is 5.10 Å². The maximum atomic E-state index is 4.49. The van der Waals surface area contributed by atoms with Crippen LogP contribution >= 0.6 is 0 Å². The summed E-state index contributed by atoms with van der Waals surface area (Å²) in [4.78, 5) is 4.18. The predicted octanol–water partition coefficient (Wildman–Crippen LogP) is 1.89. The molecule has 104 valence electrons. The van der Waals surface area contributed by atoms with Crippen molar-refractivity contribution in [2.75, 3.05) is 0 Å². The summed E-state index contributed by atoms with van der Waals surface area (Å²) >= 11 is 0. The van der Waals surface area contributed by atoms with Crippen molar-refractivity contribution in [3.8, 4) is 0 Å². The number of hydrogen-bond acceptors (Lipinski definition) is 3. The van der Waals surface area contributed by atoms with E-state index in [-0.39, 0.29) is 0 Å². The standard InChI is InChI=1S/C14H23N5/c1-5-18-10-15-7-14(18)8-16-12(3)9-19-13(4)6-11(2)17-19/h6-7,10,12,16H,5,8-9H2,1-4H3. The lowest BCUT2D eigenvalue weighted by atomic mass is 10.3. The molecule has 2 aromatic rings. The van der Waals surface area contributed by atoms with Crippen molar-refractivity contribution >= 4 is 0 Å². The van der Waals surface area contributed by atoms with Crippen LogP contribution in [0.5, 0.6) is 0 Å². The van der Waals surface area contributed by atoms with Crippen molar-refractivity contribution in [3.63, 3.8) is 0 Å². The number of rotatable bonds is 6. The van der Waals surface area contributed by atoms with Crippen molar-refractivity contribution in [2.24, 2.45) is 0 Å². The highest BCUT2D eigenvalue weighted by Crippen LogP contribution is 2.04. The third-order valence-corrected chi connectivity index (χ3v) is 3.32. The van der Waals surface area contributed by atoms with Gasteiger partial charge in [0, 0.05) is 31.0 Å². The van der Waals surface area contributed by atoms with Gasteiger partial charge >= 0.3 is 0 Å². The van der Waals surface area contributed by atoms with Gasteiger partial charge in [-0.05, 0) is 33.8 Å². The van der Waals surface area contributed by atoms with E-state index in [9.17, 15) is 0 Å². The van der Waals surface area contributed by atoms with E-state index in [2.05, 4.69) is 51.5 Å². The topological polar surface area (TPSA) is 47.7 Å². The summed E-state index contributed by atoms with van der Waals surface area (Å²) in [6.07, 6.45) is 3.80. The molecule has 0 saturated heterocycles. The molecule has 0 spiro atoms. The minimum absolute atomic E-state index is 0.373. The Morgan fingerprint density at radius 2 is 2.16 bits per heavy atom. The molecule has 1 unspecified atom stereocenters. The van der Waals surface area contributed by atoms with Crippen molar-refractivity contribution in [1.82, 2.24) is 24.6 Å². The minimum atomic E-state index is 0.373. The van der Waals surface area contributed by atoms with Crippen LogP contribution in [0.25, 0.3) is 0 Å². The largest absolute Gasteiger partial charge is 0.334 e. The lowest BCUT2D eigenvalue weighted by Crippen LogP contribution is -2.31. The first-order valence-corrected chi connectivity index (χ1v) is 6.83. The van der Waals surface area contributed by atoms with Gasteiger partial charge in [0.1, 0.15) is 0 Å². The van der Waals surface area contributed by atoms with Crippen LogP contribution in [0.4, 0.5) is 0 Å². The third kappa shape index (κ3) is 3.44. The molecule has 0 saturated carbocycles. The van der Waals surface area contributed by atoms with Gasteiger partial charge in [0.05, 0.1) is 24.3 Å². The monoisotopic (exact) mass is 261 g/mol. The van der Waals surface area contributed by atoms with Crippen molar-refractivity contribution in [2.45, 2.75) is 53.4 Å². The zero-order valence-electron chi connectivity index (χ0n) is 12.2. The second-order valence-corrected chi connectivity index (χ2v) is 5.06. The average molecular weight is 261 g/mol. The molecule has 0 aromatic carbocycles. The predicted molar refractivity (Wildman–Crippen MR) is 75.9 cm³/mol. The highest BCUT2D eigenvalue weighted by Gasteiger charge is 2.08. The Morgan fingerprint density at radius 1 is 1.37 bits per heavy atom. The number of nitrogens with zero attached hydrogens (tertiary/aromatic N) is 4. The number of hydrogen-bond donors (Lipinski definition) is 1. The van der Waals surface area contributed by atoms with E-state index in [1.807, 2.05) is 19.4 Å². The lowest BCUT2D eigenvalue weighted by molar-refractivity contribution is 0.438. The summed E-state index contributed by atoms with van der Waals surface area (Å²) in [5, 5.41) is 8.01. The van der Waals surface area contributed by atoms with Crippen molar-refractivity contribution < 1.29 is 0 Å². The lowest BCUT2D eigenvalue weighted by Gasteiger charge is -2.15. The van der Waals surface area contributed by atoms with Gasteiger partial charge in [-0.25, -0.2) is 4.98 Å². The Hall–Kier alpha value is -1.62. The molecule has 1 N–H and O–H groups in total. The van der Waals surface area contributed by atoms with Gasteiger partial charge in [0.2, 0.25) is 0 Å². The normalized spacial score (nSPS) is 12.8. The van der Waals surface area contributed by atoms with Gasteiger partial charge in [0.15, 0.2) is 0 Å². The first-order valence-electron chi connectivity index (χ1n) is 6.83. The molecular formula is C14H23N5. The van der Waals surface area contributed by atoms with Crippen LogP contribution < -0.4 is 5.32 Å². The van der Waals surface area contributed by atoms with E-state index in [0.717, 1.165) is 25.3 Å². The molecule has 2 rings (SSSR count). The summed E-state index contributed by atoms with van der Waals surface area (Å²) in [5.74, 6) is 0. The molecule has 0 bridgehead atoms. The zero-order chi connectivity index (χ0) is 13.8. The summed E-state index contributed by atoms with van der Waals surface area (Å²) < 4.78 is 4.22. The van der Waals surface area contributed by atoms with Crippen LogP contribution in [0.2, 0.25) is 0 Å². The first kappa shape index (κ1) is 13.8. The van der Waals surface area contributed by atoms with E-state index in [4.69, 9.17) is 0 Å². The molecule has 0 radical (unpaired) electrons. The van der Waals surface area contributed by atoms with Crippen LogP contribution in [-0.4, -0.2) is 25.4 Å². The number of nitrogens with one attached hydrogen (secondary N) is 1. The fraction of sp³-hybridized carbons (Fsp3) is 0.571. The van der Waals surface area contributed by atoms with Crippen LogP contribution in [0.3, 0.4) is 0 Å². The second kappa shape index (κ2) is 6.02. The van der Waals surface area contributed by atoms with Crippen molar-refractivity contribution in [3.05, 3.63) is 35.7 Å². The summed E-state index contributed by atoms with van der Waals surface area (Å²) in [7, 11) is 0. The highest BCUT2D eigenvalue weighted by atomic mass is 15.3. The average Bonchev–Trinajstić information content (AvgIpc) is 2.93. The third-order valence-electron chi connectivity index (χ3n) is 3.32. The van der Waals surface area contributed by atoms with E-state index < -0.39 is 0 Å². The van der Waals surface area contributed by atoms with Crippen LogP contribution in [-0.2, 0) is 19.6 Å². The highest BCUT2D eigenvalue weighted by molar-refractivity contribution is 5.06. The minimum Gasteiger partial charge on any atom is -0.334 e. The van der Waals surface area contributed by atoms with Gasteiger partial charge in [-0.15, -0.1) is 0 Å². The Balaban J connectivity index is 1.88. The number of aromatic nitrogens is 4. The molecule has 1 atom stereocenters. The first-order chi connectivity index (χ1) is 9.10. The van der Waals surface area contributed by atoms with E-state index in [1.54, 1.807) is 0 Å². The second-order valence-electron chi connectivity index (χ2n) is 5.06. The van der Waals surface area contributed by atoms with Gasteiger partial charge in [0.25, 0.3) is 0 Å². The van der Waals surface area contributed by atoms with E-state index in [0.29, 0.717) is 6.04 Å². The zero-order valence-corrected chi connectivity index (χ0v) is 12.2. The van der Waals surface area contributed by atoms with Gasteiger partial charge in [-0.1, -0.05) is 0 Å². The van der Waals surface area contributed by atoms with Crippen LogP contribution in [0.1, 0.15) is 30.9 Å². The van der Waals surface area contributed by atoms with Crippen LogP contribution in [0, 0.1) is 13.8 Å². The molecule has 5 heteroatoms. The fourth-order valence-electron chi connectivity index (χ4n) is 2.24. The van der Waals surface area contributed by atoms with Gasteiger partial charge in [-0.3, -0.25) is 4.68 Å². The number of imidazole rings is 1. The molecule has 2 aromatic heterocycles. The Kier molecular flexibility index (Phi) is 4.37. The Bertz CT molecular complexity index is 526. The van der Waals surface area contributed by atoms with E-state index >= 15 is 0 Å². The summed E-state index contributed by atoms with van der Waals surface area (Å²) in [6, 6.07) is 2.48. The maximum absolute atomic E-state index is 4.49. The number of aryl methyl sites for hydroxylation is 3.